The lowest BCUT2D eigenvalue weighted by Gasteiger charge is -2.35. The zero-order valence-corrected chi connectivity index (χ0v) is 17.4. The van der Waals surface area contributed by atoms with E-state index in [0.717, 1.165) is 25.1 Å². The van der Waals surface area contributed by atoms with Gasteiger partial charge in [-0.2, -0.15) is 0 Å². The van der Waals surface area contributed by atoms with Gasteiger partial charge in [0.05, 0.1) is 24.3 Å². The fourth-order valence-electron chi connectivity index (χ4n) is 4.79. The molecule has 0 bridgehead atoms. The number of rotatable bonds is 6. The Morgan fingerprint density at radius 2 is 1.74 bits per heavy atom. The van der Waals surface area contributed by atoms with E-state index in [0.29, 0.717) is 41.7 Å². The summed E-state index contributed by atoms with van der Waals surface area (Å²) in [5.41, 5.74) is 1.69. The molecule has 0 aromatic heterocycles. The summed E-state index contributed by atoms with van der Waals surface area (Å²) in [5.74, 6) is -0.00562. The van der Waals surface area contributed by atoms with Gasteiger partial charge in [0.25, 0.3) is 0 Å². The molecule has 2 aromatic carbocycles. The lowest BCUT2D eigenvalue weighted by Crippen LogP contribution is -2.42. The standard InChI is InChI=1S/C24H27NO6/c1-30-24(29)17-6-3-7-20(9-17)31-22-11-19-14-25(13-18(19)10-21(22)26)12-15-4-2-5-16(8-15)23(27)28/h2-9,18-19,21-22,26H,10-14H2,1H3,(H,27,28)/t18-,19+,21+,22+/m0/s1. The molecule has 2 aliphatic rings. The lowest BCUT2D eigenvalue weighted by atomic mass is 9.78. The third kappa shape index (κ3) is 4.89. The average molecular weight is 425 g/mol. The monoisotopic (exact) mass is 425 g/mol. The van der Waals surface area contributed by atoms with E-state index in [1.54, 1.807) is 42.5 Å². The molecular weight excluding hydrogens is 398 g/mol. The number of benzene rings is 2. The van der Waals surface area contributed by atoms with Crippen LogP contribution in [0, 0.1) is 11.8 Å². The minimum Gasteiger partial charge on any atom is -0.488 e. The molecule has 7 nitrogen and oxygen atoms in total. The van der Waals surface area contributed by atoms with Gasteiger partial charge in [0, 0.05) is 19.6 Å². The highest BCUT2D eigenvalue weighted by Crippen LogP contribution is 2.38. The van der Waals surface area contributed by atoms with Crippen molar-refractivity contribution >= 4 is 11.9 Å². The van der Waals surface area contributed by atoms with Crippen LogP contribution >= 0.6 is 0 Å². The van der Waals surface area contributed by atoms with E-state index in [9.17, 15) is 19.8 Å². The minimum atomic E-state index is -0.920. The molecule has 1 heterocycles. The number of likely N-dealkylation sites (tertiary alicyclic amines) is 1. The van der Waals surface area contributed by atoms with Crippen LogP contribution in [0.25, 0.3) is 0 Å². The second-order valence-corrected chi connectivity index (χ2v) is 8.43. The van der Waals surface area contributed by atoms with Gasteiger partial charge in [-0.05, 0) is 60.6 Å². The van der Waals surface area contributed by atoms with Gasteiger partial charge >= 0.3 is 11.9 Å². The number of carbonyl (C=O) groups is 2. The second kappa shape index (κ2) is 9.08. The molecule has 164 valence electrons. The van der Waals surface area contributed by atoms with Crippen LogP contribution in [0.1, 0.15) is 39.1 Å². The van der Waals surface area contributed by atoms with Crippen LogP contribution in [0.15, 0.2) is 48.5 Å². The van der Waals surface area contributed by atoms with Crippen molar-refractivity contribution in [2.75, 3.05) is 20.2 Å². The van der Waals surface area contributed by atoms with Crippen molar-refractivity contribution in [3.63, 3.8) is 0 Å². The number of carboxylic acids is 1. The third-order valence-electron chi connectivity index (χ3n) is 6.28. The summed E-state index contributed by atoms with van der Waals surface area (Å²) in [5, 5.41) is 19.9. The molecule has 7 heteroatoms. The third-order valence-corrected chi connectivity index (χ3v) is 6.28. The number of aliphatic hydroxyl groups excluding tert-OH is 1. The summed E-state index contributed by atoms with van der Waals surface area (Å²) in [6.45, 7) is 2.46. The van der Waals surface area contributed by atoms with Gasteiger partial charge in [0.2, 0.25) is 0 Å². The van der Waals surface area contributed by atoms with Crippen molar-refractivity contribution in [3.8, 4) is 5.75 Å². The zero-order valence-electron chi connectivity index (χ0n) is 17.4. The van der Waals surface area contributed by atoms with Crippen LogP contribution in [-0.4, -0.2) is 59.5 Å². The zero-order chi connectivity index (χ0) is 22.0. The summed E-state index contributed by atoms with van der Waals surface area (Å²) >= 11 is 0. The van der Waals surface area contributed by atoms with E-state index in [-0.39, 0.29) is 6.10 Å². The van der Waals surface area contributed by atoms with E-state index in [1.165, 1.54) is 7.11 Å². The molecule has 2 fully saturated rings. The quantitative estimate of drug-likeness (QED) is 0.687. The number of ether oxygens (including phenoxy) is 2. The number of aromatic carboxylic acids is 1. The fraction of sp³-hybridized carbons (Fsp3) is 0.417. The Morgan fingerprint density at radius 3 is 2.48 bits per heavy atom. The average Bonchev–Trinajstić information content (AvgIpc) is 3.14. The molecule has 1 saturated carbocycles. The molecule has 4 rings (SSSR count). The second-order valence-electron chi connectivity index (χ2n) is 8.43. The summed E-state index contributed by atoms with van der Waals surface area (Å²) < 4.78 is 10.8. The van der Waals surface area contributed by atoms with Crippen LogP contribution in [0.5, 0.6) is 5.75 Å². The number of methoxy groups -OCH3 is 1. The Kier molecular flexibility index (Phi) is 6.25. The molecule has 1 aliphatic carbocycles. The van der Waals surface area contributed by atoms with E-state index in [2.05, 4.69) is 4.90 Å². The molecule has 0 spiro atoms. The number of esters is 1. The van der Waals surface area contributed by atoms with Crippen molar-refractivity contribution in [1.82, 2.24) is 4.90 Å². The van der Waals surface area contributed by atoms with Crippen molar-refractivity contribution in [2.45, 2.75) is 31.6 Å². The lowest BCUT2D eigenvalue weighted by molar-refractivity contribution is -0.0231. The first-order valence-corrected chi connectivity index (χ1v) is 10.5. The molecule has 4 atom stereocenters. The number of nitrogens with zero attached hydrogens (tertiary/aromatic N) is 1. The molecule has 0 amide bonds. The summed E-state index contributed by atoms with van der Waals surface area (Å²) in [6, 6.07) is 13.9. The molecule has 1 aliphatic heterocycles. The molecule has 0 unspecified atom stereocenters. The Morgan fingerprint density at radius 1 is 1.03 bits per heavy atom. The topological polar surface area (TPSA) is 96.3 Å². The smallest absolute Gasteiger partial charge is 0.337 e. The SMILES string of the molecule is COC(=O)c1cccc(O[C@@H]2C[C@@H]3CN(Cc4cccc(C(=O)O)c4)C[C@@H]3C[C@H]2O)c1. The maximum atomic E-state index is 11.8. The molecule has 1 saturated heterocycles. The maximum Gasteiger partial charge on any atom is 0.337 e. The van der Waals surface area contributed by atoms with Gasteiger partial charge in [0.15, 0.2) is 0 Å². The maximum absolute atomic E-state index is 11.8. The van der Waals surface area contributed by atoms with Crippen molar-refractivity contribution in [2.24, 2.45) is 11.8 Å². The molecule has 2 N–H and O–H groups in total. The molecule has 2 aromatic rings. The predicted molar refractivity (Wildman–Crippen MR) is 113 cm³/mol. The first-order valence-electron chi connectivity index (χ1n) is 10.5. The van der Waals surface area contributed by atoms with Crippen molar-refractivity contribution in [3.05, 3.63) is 65.2 Å². The molecule has 31 heavy (non-hydrogen) atoms. The number of fused-ring (bicyclic) bond motifs is 1. The number of carbonyl (C=O) groups excluding carboxylic acids is 1. The Labute approximate surface area is 181 Å². The largest absolute Gasteiger partial charge is 0.488 e. The first-order chi connectivity index (χ1) is 14.9. The number of hydrogen-bond donors (Lipinski definition) is 2. The predicted octanol–water partition coefficient (Wildman–Crippen LogP) is 2.82. The van der Waals surface area contributed by atoms with Gasteiger partial charge in [0.1, 0.15) is 11.9 Å². The summed E-state index contributed by atoms with van der Waals surface area (Å²) in [4.78, 5) is 25.3. The summed E-state index contributed by atoms with van der Waals surface area (Å²) in [6.07, 6.45) is 0.500. The Bertz CT molecular complexity index is 961. The minimum absolute atomic E-state index is 0.298. The first kappa shape index (κ1) is 21.3. The highest BCUT2D eigenvalue weighted by atomic mass is 16.5. The van der Waals surface area contributed by atoms with Crippen molar-refractivity contribution < 1.29 is 29.3 Å². The van der Waals surface area contributed by atoms with Gasteiger partial charge in [-0.1, -0.05) is 18.2 Å². The number of aliphatic hydroxyl groups is 1. The van der Waals surface area contributed by atoms with Crippen LogP contribution < -0.4 is 4.74 Å². The van der Waals surface area contributed by atoms with Crippen LogP contribution in [0.4, 0.5) is 0 Å². The highest BCUT2D eigenvalue weighted by Gasteiger charge is 2.42. The van der Waals surface area contributed by atoms with Gasteiger partial charge in [-0.15, -0.1) is 0 Å². The van der Waals surface area contributed by atoms with E-state index < -0.39 is 18.0 Å². The van der Waals surface area contributed by atoms with Crippen LogP contribution in [0.2, 0.25) is 0 Å². The van der Waals surface area contributed by atoms with Crippen molar-refractivity contribution in [1.29, 1.82) is 0 Å². The van der Waals surface area contributed by atoms with Gasteiger partial charge in [-0.3, -0.25) is 4.90 Å². The number of hydrogen-bond acceptors (Lipinski definition) is 6. The number of carboxylic acid groups (broad SMARTS) is 1. The van der Waals surface area contributed by atoms with E-state index in [1.807, 2.05) is 6.07 Å². The van der Waals surface area contributed by atoms with Gasteiger partial charge in [-0.25, -0.2) is 9.59 Å². The Balaban J connectivity index is 1.38. The molecule has 0 radical (unpaired) electrons. The van der Waals surface area contributed by atoms with Crippen LogP contribution in [-0.2, 0) is 11.3 Å². The highest BCUT2D eigenvalue weighted by molar-refractivity contribution is 5.89. The summed E-state index contributed by atoms with van der Waals surface area (Å²) in [7, 11) is 1.34. The Hall–Kier alpha value is -2.90. The fourth-order valence-corrected chi connectivity index (χ4v) is 4.79. The van der Waals surface area contributed by atoms with E-state index >= 15 is 0 Å². The van der Waals surface area contributed by atoms with Gasteiger partial charge < -0.3 is 19.7 Å². The molecular formula is C24H27NO6. The van der Waals surface area contributed by atoms with Crippen LogP contribution in [0.3, 0.4) is 0 Å². The van der Waals surface area contributed by atoms with E-state index in [4.69, 9.17) is 9.47 Å². The normalized spacial score (nSPS) is 25.6.